The number of thiazole rings is 1. The topological polar surface area (TPSA) is 92.9 Å². The Morgan fingerprint density at radius 3 is 2.68 bits per heavy atom. The normalized spacial score (nSPS) is 15.7. The van der Waals surface area contributed by atoms with Gasteiger partial charge in [0.05, 0.1) is 23.4 Å². The van der Waals surface area contributed by atoms with Crippen LogP contribution in [0.5, 0.6) is 5.75 Å². The van der Waals surface area contributed by atoms with Crippen LogP contribution in [0, 0.1) is 18.6 Å². The van der Waals surface area contributed by atoms with Crippen molar-refractivity contribution in [2.45, 2.75) is 13.0 Å². The average molecular weight is 533 g/mol. The van der Waals surface area contributed by atoms with Crippen LogP contribution in [0.2, 0.25) is 0 Å². The highest BCUT2D eigenvalue weighted by Crippen LogP contribution is 2.45. The molecule has 0 saturated heterocycles. The molecular weight excluding hydrogens is 514 g/mol. The number of methoxy groups -OCH3 is 1. The maximum atomic E-state index is 14.4. The van der Waals surface area contributed by atoms with Crippen molar-refractivity contribution in [3.05, 3.63) is 101 Å². The summed E-state index contributed by atoms with van der Waals surface area (Å²) in [7, 11) is 1.47. The molecule has 0 spiro atoms. The Kier molecular flexibility index (Phi) is 5.50. The van der Waals surface area contributed by atoms with Crippen molar-refractivity contribution < 1.29 is 32.6 Å². The minimum Gasteiger partial charge on any atom is -0.503 e. The number of hydrogen-bond donors (Lipinski definition) is 1. The van der Waals surface area contributed by atoms with Crippen molar-refractivity contribution in [1.82, 2.24) is 4.98 Å². The number of ketones is 1. The van der Waals surface area contributed by atoms with Crippen molar-refractivity contribution in [2.75, 3.05) is 12.0 Å². The number of hydrogen-bond acceptors (Lipinski definition) is 7. The number of aliphatic hydroxyl groups excluding tert-OH is 1. The zero-order valence-electron chi connectivity index (χ0n) is 20.0. The molecule has 7 nitrogen and oxygen atoms in total. The summed E-state index contributed by atoms with van der Waals surface area (Å²) in [6, 6.07) is 14.5. The first-order valence-corrected chi connectivity index (χ1v) is 12.3. The lowest BCUT2D eigenvalue weighted by atomic mass is 9.94. The standard InChI is InChI=1S/C28H18F2N2O5S/c1-13-5-3-6-14(9-13)23-21(24(33)19-10-15-7-4-8-18(36-2)26(15)37-19)25(34)27(35)32(23)28-31-22-17(30)11-16(29)12-20(22)38-28/h3-12,23,34H,1-2H3. The van der Waals surface area contributed by atoms with Crippen LogP contribution in [-0.4, -0.2) is 28.9 Å². The number of anilines is 1. The zero-order chi connectivity index (χ0) is 26.7. The number of aryl methyl sites for hydroxylation is 1. The molecule has 1 aliphatic rings. The number of rotatable bonds is 5. The first-order valence-electron chi connectivity index (χ1n) is 11.5. The van der Waals surface area contributed by atoms with E-state index in [0.717, 1.165) is 27.9 Å². The van der Waals surface area contributed by atoms with Gasteiger partial charge >= 0.3 is 0 Å². The second-order valence-electron chi connectivity index (χ2n) is 8.80. The highest BCUT2D eigenvalue weighted by molar-refractivity contribution is 7.22. The fraction of sp³-hybridized carbons (Fsp3) is 0.107. The molecule has 1 amide bonds. The Morgan fingerprint density at radius 1 is 1.13 bits per heavy atom. The van der Waals surface area contributed by atoms with Gasteiger partial charge < -0.3 is 14.3 Å². The van der Waals surface area contributed by atoms with E-state index in [1.54, 1.807) is 36.4 Å². The minimum atomic E-state index is -1.10. The number of halogens is 2. The van der Waals surface area contributed by atoms with Gasteiger partial charge in [0, 0.05) is 11.5 Å². The van der Waals surface area contributed by atoms with Gasteiger partial charge in [-0.2, -0.15) is 0 Å². The number of aliphatic hydroxyl groups is 1. The maximum Gasteiger partial charge on any atom is 0.296 e. The van der Waals surface area contributed by atoms with Crippen molar-refractivity contribution >= 4 is 49.3 Å². The average Bonchev–Trinajstić information content (AvgIpc) is 3.58. The third-order valence-corrected chi connectivity index (χ3v) is 7.37. The smallest absolute Gasteiger partial charge is 0.296 e. The van der Waals surface area contributed by atoms with Crippen molar-refractivity contribution in [3.63, 3.8) is 0 Å². The number of carbonyl (C=O) groups is 2. The minimum absolute atomic E-state index is 0.00151. The molecule has 10 heteroatoms. The summed E-state index contributed by atoms with van der Waals surface area (Å²) in [5.74, 6) is -3.73. The number of carbonyl (C=O) groups excluding carboxylic acids is 2. The van der Waals surface area contributed by atoms with Gasteiger partial charge in [0.2, 0.25) is 5.78 Å². The molecule has 2 aromatic heterocycles. The third-order valence-electron chi connectivity index (χ3n) is 6.37. The van der Waals surface area contributed by atoms with Crippen LogP contribution in [0.3, 0.4) is 0 Å². The molecule has 38 heavy (non-hydrogen) atoms. The summed E-state index contributed by atoms with van der Waals surface area (Å²) in [5, 5.41) is 11.6. The number of aromatic nitrogens is 1. The van der Waals surface area contributed by atoms with E-state index in [9.17, 15) is 23.5 Å². The maximum absolute atomic E-state index is 14.4. The predicted octanol–water partition coefficient (Wildman–Crippen LogP) is 6.42. The summed E-state index contributed by atoms with van der Waals surface area (Å²) in [4.78, 5) is 32.6. The number of benzene rings is 3. The van der Waals surface area contributed by atoms with Gasteiger partial charge in [-0.1, -0.05) is 53.3 Å². The second kappa shape index (κ2) is 8.77. The number of para-hydroxylation sites is 1. The van der Waals surface area contributed by atoms with E-state index in [2.05, 4.69) is 4.98 Å². The molecule has 1 atom stereocenters. The van der Waals surface area contributed by atoms with Gasteiger partial charge in [-0.05, 0) is 30.7 Å². The summed E-state index contributed by atoms with van der Waals surface area (Å²) in [6.07, 6.45) is 0. The molecule has 0 aliphatic carbocycles. The van der Waals surface area contributed by atoms with E-state index in [4.69, 9.17) is 9.15 Å². The fourth-order valence-electron chi connectivity index (χ4n) is 4.68. The Balaban J connectivity index is 1.52. The fourth-order valence-corrected chi connectivity index (χ4v) is 5.71. The van der Waals surface area contributed by atoms with Gasteiger partial charge in [-0.3, -0.25) is 14.5 Å². The molecule has 6 rings (SSSR count). The molecule has 5 aromatic rings. The number of amides is 1. The summed E-state index contributed by atoms with van der Waals surface area (Å²) >= 11 is 0.875. The molecular formula is C28H18F2N2O5S. The Labute approximate surface area is 218 Å². The summed E-state index contributed by atoms with van der Waals surface area (Å²) in [5.41, 5.74) is 1.37. The van der Waals surface area contributed by atoms with Crippen molar-refractivity contribution in [1.29, 1.82) is 0 Å². The Hall–Kier alpha value is -4.57. The lowest BCUT2D eigenvalue weighted by molar-refractivity contribution is -0.117. The van der Waals surface area contributed by atoms with E-state index < -0.39 is 35.1 Å². The SMILES string of the molecule is COc1cccc2cc(C(=O)C3=C(O)C(=O)N(c4nc5c(F)cc(F)cc5s4)C3c3cccc(C)c3)oc12. The van der Waals surface area contributed by atoms with Gasteiger partial charge in [-0.15, -0.1) is 0 Å². The molecule has 0 saturated carbocycles. The van der Waals surface area contributed by atoms with Crippen LogP contribution in [-0.2, 0) is 4.79 Å². The molecule has 3 aromatic carbocycles. The molecule has 0 bridgehead atoms. The number of Topliss-reactive ketones (excluding diaryl/α,β-unsaturated/α-hetero) is 1. The lowest BCUT2D eigenvalue weighted by Crippen LogP contribution is -2.31. The van der Waals surface area contributed by atoms with Gasteiger partial charge in [0.15, 0.2) is 33.8 Å². The predicted molar refractivity (Wildman–Crippen MR) is 138 cm³/mol. The molecule has 1 aliphatic heterocycles. The zero-order valence-corrected chi connectivity index (χ0v) is 20.8. The summed E-state index contributed by atoms with van der Waals surface area (Å²) < 4.78 is 39.6. The van der Waals surface area contributed by atoms with Crippen LogP contribution in [0.15, 0.2) is 76.4 Å². The van der Waals surface area contributed by atoms with Crippen molar-refractivity contribution in [3.8, 4) is 5.75 Å². The van der Waals surface area contributed by atoms with Crippen LogP contribution in [0.4, 0.5) is 13.9 Å². The number of furan rings is 1. The van der Waals surface area contributed by atoms with E-state index in [-0.39, 0.29) is 26.7 Å². The monoisotopic (exact) mass is 532 g/mol. The number of fused-ring (bicyclic) bond motifs is 2. The Bertz CT molecular complexity index is 1820. The van der Waals surface area contributed by atoms with E-state index in [1.807, 2.05) is 13.0 Å². The van der Waals surface area contributed by atoms with Crippen molar-refractivity contribution in [2.24, 2.45) is 0 Å². The molecule has 1 unspecified atom stereocenters. The number of ether oxygens (including phenoxy) is 1. The molecule has 190 valence electrons. The first-order chi connectivity index (χ1) is 18.3. The molecule has 3 heterocycles. The van der Waals surface area contributed by atoms with E-state index >= 15 is 0 Å². The lowest BCUT2D eigenvalue weighted by Gasteiger charge is -2.24. The van der Waals surface area contributed by atoms with Crippen LogP contribution in [0.1, 0.15) is 27.7 Å². The second-order valence-corrected chi connectivity index (χ2v) is 9.81. The van der Waals surface area contributed by atoms with Gasteiger partial charge in [-0.25, -0.2) is 13.8 Å². The summed E-state index contributed by atoms with van der Waals surface area (Å²) in [6.45, 7) is 1.84. The quantitative estimate of drug-likeness (QED) is 0.263. The van der Waals surface area contributed by atoms with Crippen LogP contribution >= 0.6 is 11.3 Å². The Morgan fingerprint density at radius 2 is 1.92 bits per heavy atom. The van der Waals surface area contributed by atoms with Crippen LogP contribution < -0.4 is 9.64 Å². The highest BCUT2D eigenvalue weighted by atomic mass is 32.1. The first kappa shape index (κ1) is 23.8. The van der Waals surface area contributed by atoms with Crippen LogP contribution in [0.25, 0.3) is 21.2 Å². The van der Waals surface area contributed by atoms with E-state index in [0.29, 0.717) is 28.3 Å². The van der Waals surface area contributed by atoms with Gasteiger partial charge in [0.1, 0.15) is 11.3 Å². The molecule has 0 radical (unpaired) electrons. The molecule has 0 fully saturated rings. The third kappa shape index (κ3) is 3.64. The molecule has 1 N–H and O–H groups in total. The highest BCUT2D eigenvalue weighted by Gasteiger charge is 2.46. The van der Waals surface area contributed by atoms with E-state index in [1.165, 1.54) is 13.2 Å². The number of nitrogens with zero attached hydrogens (tertiary/aromatic N) is 2. The largest absolute Gasteiger partial charge is 0.503 e. The van der Waals surface area contributed by atoms with Gasteiger partial charge in [0.25, 0.3) is 5.91 Å².